The van der Waals surface area contributed by atoms with E-state index in [-0.39, 0.29) is 0 Å². The van der Waals surface area contributed by atoms with Crippen LogP contribution in [0.25, 0.3) is 0 Å². The van der Waals surface area contributed by atoms with E-state index in [4.69, 9.17) is 5.84 Å². The standard InChI is InChI=1S/C11H19N5/c1-2-5-16(7-9-3-4-9)11-6-10(15-12)13-8-14-11/h6,8-9H,2-5,7,12H2,1H3,(H,13,14,15). The van der Waals surface area contributed by atoms with Crippen molar-refractivity contribution >= 4 is 11.6 Å². The Morgan fingerprint density at radius 2 is 2.31 bits per heavy atom. The van der Waals surface area contributed by atoms with Crippen LogP contribution in [0.5, 0.6) is 0 Å². The van der Waals surface area contributed by atoms with Gasteiger partial charge in [-0.05, 0) is 25.2 Å². The number of hydrogen-bond donors (Lipinski definition) is 2. The molecule has 1 aromatic rings. The Labute approximate surface area is 96.0 Å². The maximum Gasteiger partial charge on any atom is 0.145 e. The highest BCUT2D eigenvalue weighted by Gasteiger charge is 2.24. The van der Waals surface area contributed by atoms with Gasteiger partial charge in [0.1, 0.15) is 18.0 Å². The normalized spacial score (nSPS) is 14.9. The van der Waals surface area contributed by atoms with Crippen molar-refractivity contribution in [3.63, 3.8) is 0 Å². The molecule has 0 radical (unpaired) electrons. The number of hydrogen-bond acceptors (Lipinski definition) is 5. The predicted octanol–water partition coefficient (Wildman–Crippen LogP) is 1.39. The van der Waals surface area contributed by atoms with Gasteiger partial charge in [-0.2, -0.15) is 0 Å². The van der Waals surface area contributed by atoms with Gasteiger partial charge >= 0.3 is 0 Å². The van der Waals surface area contributed by atoms with Crippen molar-refractivity contribution in [1.29, 1.82) is 0 Å². The summed E-state index contributed by atoms with van der Waals surface area (Å²) in [5.41, 5.74) is 2.56. The van der Waals surface area contributed by atoms with Crippen molar-refractivity contribution in [2.75, 3.05) is 23.4 Å². The number of nitrogens with two attached hydrogens (primary N) is 1. The van der Waals surface area contributed by atoms with E-state index in [1.54, 1.807) is 6.33 Å². The highest BCUT2D eigenvalue weighted by molar-refractivity contribution is 5.47. The van der Waals surface area contributed by atoms with Crippen LogP contribution in [0.4, 0.5) is 11.6 Å². The summed E-state index contributed by atoms with van der Waals surface area (Å²) in [5.74, 6) is 7.84. The minimum atomic E-state index is 0.668. The van der Waals surface area contributed by atoms with Crippen LogP contribution in [0, 0.1) is 5.92 Å². The Kier molecular flexibility index (Phi) is 3.56. The molecular weight excluding hydrogens is 202 g/mol. The average molecular weight is 221 g/mol. The summed E-state index contributed by atoms with van der Waals surface area (Å²) >= 11 is 0. The lowest BCUT2D eigenvalue weighted by molar-refractivity contribution is 0.698. The SMILES string of the molecule is CCCN(CC1CC1)c1cc(NN)ncn1. The first-order chi connectivity index (χ1) is 7.83. The van der Waals surface area contributed by atoms with E-state index >= 15 is 0 Å². The molecular formula is C11H19N5. The number of nitrogens with one attached hydrogen (secondary N) is 1. The van der Waals surface area contributed by atoms with Crippen LogP contribution in [-0.4, -0.2) is 23.1 Å². The Hall–Kier alpha value is -1.36. The second kappa shape index (κ2) is 5.12. The van der Waals surface area contributed by atoms with Gasteiger partial charge in [0, 0.05) is 19.2 Å². The quantitative estimate of drug-likeness (QED) is 0.561. The lowest BCUT2D eigenvalue weighted by Crippen LogP contribution is -2.27. The fourth-order valence-corrected chi connectivity index (χ4v) is 1.78. The minimum absolute atomic E-state index is 0.668. The van der Waals surface area contributed by atoms with Crippen molar-refractivity contribution in [1.82, 2.24) is 9.97 Å². The number of hydrazine groups is 1. The molecule has 3 N–H and O–H groups in total. The zero-order valence-electron chi connectivity index (χ0n) is 9.69. The first-order valence-electron chi connectivity index (χ1n) is 5.87. The third-order valence-corrected chi connectivity index (χ3v) is 2.79. The van der Waals surface area contributed by atoms with E-state index in [9.17, 15) is 0 Å². The van der Waals surface area contributed by atoms with Crippen molar-refractivity contribution in [3.8, 4) is 0 Å². The van der Waals surface area contributed by atoms with Crippen LogP contribution < -0.4 is 16.2 Å². The van der Waals surface area contributed by atoms with E-state index in [0.29, 0.717) is 5.82 Å². The summed E-state index contributed by atoms with van der Waals surface area (Å²) in [6.07, 6.45) is 5.39. The van der Waals surface area contributed by atoms with Crippen LogP contribution in [0.3, 0.4) is 0 Å². The molecule has 0 atom stereocenters. The molecule has 16 heavy (non-hydrogen) atoms. The van der Waals surface area contributed by atoms with Gasteiger partial charge in [-0.25, -0.2) is 15.8 Å². The molecule has 0 unspecified atom stereocenters. The van der Waals surface area contributed by atoms with Crippen LogP contribution >= 0.6 is 0 Å². The van der Waals surface area contributed by atoms with Gasteiger partial charge in [-0.1, -0.05) is 6.92 Å². The van der Waals surface area contributed by atoms with Gasteiger partial charge in [-0.15, -0.1) is 0 Å². The third-order valence-electron chi connectivity index (χ3n) is 2.79. The monoisotopic (exact) mass is 221 g/mol. The molecule has 1 fully saturated rings. The maximum atomic E-state index is 5.35. The molecule has 88 valence electrons. The molecule has 2 rings (SSSR count). The van der Waals surface area contributed by atoms with Crippen LogP contribution in [-0.2, 0) is 0 Å². The Morgan fingerprint density at radius 1 is 1.50 bits per heavy atom. The molecule has 5 nitrogen and oxygen atoms in total. The summed E-state index contributed by atoms with van der Waals surface area (Å²) in [7, 11) is 0. The lowest BCUT2D eigenvalue weighted by Gasteiger charge is -2.23. The van der Waals surface area contributed by atoms with Crippen molar-refractivity contribution in [2.24, 2.45) is 11.8 Å². The molecule has 0 saturated heterocycles. The second-order valence-electron chi connectivity index (χ2n) is 4.30. The van der Waals surface area contributed by atoms with Crippen LogP contribution in [0.15, 0.2) is 12.4 Å². The van der Waals surface area contributed by atoms with Crippen molar-refractivity contribution in [2.45, 2.75) is 26.2 Å². The molecule has 0 amide bonds. The summed E-state index contributed by atoms with van der Waals surface area (Å²) in [6.45, 7) is 4.33. The van der Waals surface area contributed by atoms with Gasteiger partial charge in [0.25, 0.3) is 0 Å². The smallest absolute Gasteiger partial charge is 0.145 e. The number of anilines is 2. The van der Waals surface area contributed by atoms with Crippen molar-refractivity contribution in [3.05, 3.63) is 12.4 Å². The molecule has 1 saturated carbocycles. The van der Waals surface area contributed by atoms with Gasteiger partial charge in [0.15, 0.2) is 0 Å². The average Bonchev–Trinajstić information content (AvgIpc) is 3.12. The molecule has 0 aliphatic heterocycles. The molecule has 1 aliphatic rings. The summed E-state index contributed by atoms with van der Waals surface area (Å²) < 4.78 is 0. The van der Waals surface area contributed by atoms with Gasteiger partial charge in [0.05, 0.1) is 0 Å². The third kappa shape index (κ3) is 2.82. The minimum Gasteiger partial charge on any atom is -0.356 e. The number of aromatic nitrogens is 2. The number of nitrogens with zero attached hydrogens (tertiary/aromatic N) is 3. The highest BCUT2D eigenvalue weighted by Crippen LogP contribution is 2.31. The first-order valence-corrected chi connectivity index (χ1v) is 5.87. The van der Waals surface area contributed by atoms with Crippen LogP contribution in [0.2, 0.25) is 0 Å². The van der Waals surface area contributed by atoms with Gasteiger partial charge in [0.2, 0.25) is 0 Å². The van der Waals surface area contributed by atoms with E-state index in [2.05, 4.69) is 27.2 Å². The Morgan fingerprint density at radius 3 is 2.94 bits per heavy atom. The van der Waals surface area contributed by atoms with E-state index < -0.39 is 0 Å². The summed E-state index contributed by atoms with van der Waals surface area (Å²) in [5, 5.41) is 0. The summed E-state index contributed by atoms with van der Waals surface area (Å²) in [4.78, 5) is 10.6. The highest BCUT2D eigenvalue weighted by atomic mass is 15.3. The molecule has 0 spiro atoms. The first kappa shape index (κ1) is 11.1. The fourth-order valence-electron chi connectivity index (χ4n) is 1.78. The van der Waals surface area contributed by atoms with Crippen molar-refractivity contribution < 1.29 is 0 Å². The largest absolute Gasteiger partial charge is 0.356 e. The van der Waals surface area contributed by atoms with E-state index in [1.807, 2.05) is 6.07 Å². The molecule has 0 bridgehead atoms. The number of nitrogen functional groups attached to an aromatic ring is 1. The molecule has 1 aromatic heterocycles. The summed E-state index contributed by atoms with van der Waals surface area (Å²) in [6, 6.07) is 1.90. The zero-order valence-corrected chi connectivity index (χ0v) is 9.69. The Balaban J connectivity index is 2.08. The van der Waals surface area contributed by atoms with E-state index in [1.165, 1.54) is 12.8 Å². The topological polar surface area (TPSA) is 67.1 Å². The van der Waals surface area contributed by atoms with Crippen LogP contribution in [0.1, 0.15) is 26.2 Å². The number of rotatable bonds is 6. The lowest BCUT2D eigenvalue weighted by atomic mass is 10.3. The predicted molar refractivity (Wildman–Crippen MR) is 65.1 cm³/mol. The molecule has 0 aromatic carbocycles. The fraction of sp³-hybridized carbons (Fsp3) is 0.636. The second-order valence-corrected chi connectivity index (χ2v) is 4.30. The van der Waals surface area contributed by atoms with Gasteiger partial charge < -0.3 is 10.3 Å². The maximum absolute atomic E-state index is 5.35. The molecule has 5 heteroatoms. The zero-order chi connectivity index (χ0) is 11.4. The van der Waals surface area contributed by atoms with Gasteiger partial charge in [-0.3, -0.25) is 0 Å². The Bertz CT molecular complexity index is 337. The van der Waals surface area contributed by atoms with E-state index in [0.717, 1.165) is 31.2 Å². The molecule has 1 heterocycles. The molecule has 1 aliphatic carbocycles.